The molecule has 1 amide bonds. The van der Waals surface area contributed by atoms with Crippen LogP contribution >= 0.6 is 12.4 Å². The number of ether oxygens (including phenoxy) is 1. The highest BCUT2D eigenvalue weighted by molar-refractivity contribution is 5.85. The van der Waals surface area contributed by atoms with E-state index in [2.05, 4.69) is 17.1 Å². The van der Waals surface area contributed by atoms with Crippen LogP contribution in [0.4, 0.5) is 0 Å². The fourth-order valence-corrected chi connectivity index (χ4v) is 3.16. The summed E-state index contributed by atoms with van der Waals surface area (Å²) in [6.45, 7) is 9.23. The van der Waals surface area contributed by atoms with Crippen molar-refractivity contribution in [2.24, 2.45) is 17.6 Å². The molecule has 0 radical (unpaired) electrons. The monoisotopic (exact) mass is 333 g/mol. The Morgan fingerprint density at radius 2 is 2.05 bits per heavy atom. The summed E-state index contributed by atoms with van der Waals surface area (Å²) in [5.41, 5.74) is 5.99. The first-order valence-corrected chi connectivity index (χ1v) is 8.46. The van der Waals surface area contributed by atoms with Crippen molar-refractivity contribution in [3.8, 4) is 0 Å². The summed E-state index contributed by atoms with van der Waals surface area (Å²) in [5, 5.41) is 3.13. The maximum absolute atomic E-state index is 12.1. The highest BCUT2D eigenvalue weighted by Crippen LogP contribution is 2.18. The van der Waals surface area contributed by atoms with E-state index in [4.69, 9.17) is 10.5 Å². The van der Waals surface area contributed by atoms with Gasteiger partial charge in [-0.25, -0.2) is 0 Å². The molecule has 6 heteroatoms. The Morgan fingerprint density at radius 3 is 2.59 bits per heavy atom. The molecule has 3 atom stereocenters. The van der Waals surface area contributed by atoms with E-state index in [-0.39, 0.29) is 30.3 Å². The molecule has 3 unspecified atom stereocenters. The highest BCUT2D eigenvalue weighted by Gasteiger charge is 2.26. The van der Waals surface area contributed by atoms with Crippen LogP contribution in [0.5, 0.6) is 0 Å². The summed E-state index contributed by atoms with van der Waals surface area (Å²) in [4.78, 5) is 14.6. The molecule has 0 bridgehead atoms. The zero-order valence-electron chi connectivity index (χ0n) is 13.9. The van der Waals surface area contributed by atoms with Crippen molar-refractivity contribution in [2.45, 2.75) is 51.6 Å². The van der Waals surface area contributed by atoms with E-state index in [1.807, 2.05) is 6.92 Å². The number of piperidine rings is 1. The first-order chi connectivity index (χ1) is 10.1. The van der Waals surface area contributed by atoms with Crippen molar-refractivity contribution < 1.29 is 9.53 Å². The van der Waals surface area contributed by atoms with E-state index >= 15 is 0 Å². The fraction of sp³-hybridized carbons (Fsp3) is 0.938. The van der Waals surface area contributed by atoms with Crippen LogP contribution in [-0.4, -0.2) is 55.7 Å². The second-order valence-electron chi connectivity index (χ2n) is 6.72. The number of nitrogens with one attached hydrogen (secondary N) is 1. The van der Waals surface area contributed by atoms with Gasteiger partial charge >= 0.3 is 0 Å². The maximum Gasteiger partial charge on any atom is 0.237 e. The van der Waals surface area contributed by atoms with Gasteiger partial charge in [0, 0.05) is 32.3 Å². The topological polar surface area (TPSA) is 67.6 Å². The third-order valence-electron chi connectivity index (χ3n) is 5.03. The number of carbonyl (C=O) groups is 1. The minimum absolute atomic E-state index is 0. The van der Waals surface area contributed by atoms with Crippen LogP contribution in [0.1, 0.15) is 39.5 Å². The molecule has 0 aliphatic carbocycles. The maximum atomic E-state index is 12.1. The molecule has 22 heavy (non-hydrogen) atoms. The minimum Gasteiger partial charge on any atom is -0.381 e. The molecule has 5 nitrogen and oxygen atoms in total. The quantitative estimate of drug-likeness (QED) is 0.771. The van der Waals surface area contributed by atoms with E-state index in [1.165, 1.54) is 6.42 Å². The summed E-state index contributed by atoms with van der Waals surface area (Å²) < 4.78 is 5.43. The van der Waals surface area contributed by atoms with Gasteiger partial charge in [-0.1, -0.05) is 20.3 Å². The van der Waals surface area contributed by atoms with Crippen LogP contribution in [0.3, 0.4) is 0 Å². The predicted molar refractivity (Wildman–Crippen MR) is 91.2 cm³/mol. The zero-order valence-corrected chi connectivity index (χ0v) is 14.7. The molecule has 2 aliphatic rings. The standard InChI is InChI=1S/C16H31N3O2.ClH/c1-3-12(2)15(17)16(20)18-14-4-7-19(8-5-14)10-13-6-9-21-11-13;/h12-15H,3-11,17H2,1-2H3,(H,18,20);1H. The number of rotatable bonds is 6. The van der Waals surface area contributed by atoms with Gasteiger partial charge in [0.1, 0.15) is 0 Å². The van der Waals surface area contributed by atoms with Gasteiger partial charge in [-0.05, 0) is 31.1 Å². The molecule has 2 aliphatic heterocycles. The first kappa shape index (κ1) is 19.7. The van der Waals surface area contributed by atoms with Gasteiger partial charge in [0.15, 0.2) is 0 Å². The normalized spacial score (nSPS) is 26.2. The van der Waals surface area contributed by atoms with Crippen LogP contribution in [0.15, 0.2) is 0 Å². The number of nitrogens with two attached hydrogens (primary N) is 1. The Labute approximate surface area is 140 Å². The van der Waals surface area contributed by atoms with Gasteiger partial charge in [-0.15, -0.1) is 12.4 Å². The average Bonchev–Trinajstić information content (AvgIpc) is 3.00. The Kier molecular flexibility index (Phi) is 8.69. The van der Waals surface area contributed by atoms with E-state index in [0.717, 1.165) is 52.1 Å². The molecule has 0 aromatic heterocycles. The van der Waals surface area contributed by atoms with Crippen molar-refractivity contribution in [1.82, 2.24) is 10.2 Å². The Balaban J connectivity index is 0.00000242. The number of carbonyl (C=O) groups excluding carboxylic acids is 1. The molecular weight excluding hydrogens is 302 g/mol. The van der Waals surface area contributed by atoms with Gasteiger partial charge in [-0.3, -0.25) is 4.79 Å². The van der Waals surface area contributed by atoms with Crippen molar-refractivity contribution in [3.05, 3.63) is 0 Å². The molecule has 3 N–H and O–H groups in total. The number of hydrogen-bond donors (Lipinski definition) is 2. The Morgan fingerprint density at radius 1 is 1.36 bits per heavy atom. The van der Waals surface area contributed by atoms with E-state index < -0.39 is 0 Å². The van der Waals surface area contributed by atoms with Gasteiger partial charge < -0.3 is 20.7 Å². The second-order valence-corrected chi connectivity index (χ2v) is 6.72. The lowest BCUT2D eigenvalue weighted by Crippen LogP contribution is -2.51. The third-order valence-corrected chi connectivity index (χ3v) is 5.03. The lowest BCUT2D eigenvalue weighted by Gasteiger charge is -2.34. The first-order valence-electron chi connectivity index (χ1n) is 8.46. The molecular formula is C16H32ClN3O2. The molecule has 0 aromatic carbocycles. The molecule has 0 aromatic rings. The molecule has 2 rings (SSSR count). The molecule has 2 saturated heterocycles. The Bertz CT molecular complexity index is 329. The lowest BCUT2D eigenvalue weighted by atomic mass is 9.97. The van der Waals surface area contributed by atoms with Crippen LogP contribution < -0.4 is 11.1 Å². The summed E-state index contributed by atoms with van der Waals surface area (Å²) in [5.74, 6) is 0.967. The van der Waals surface area contributed by atoms with Crippen molar-refractivity contribution >= 4 is 18.3 Å². The molecule has 2 heterocycles. The summed E-state index contributed by atoms with van der Waals surface area (Å²) in [7, 11) is 0. The van der Waals surface area contributed by atoms with Crippen molar-refractivity contribution in [2.75, 3.05) is 32.8 Å². The number of nitrogens with zero attached hydrogens (tertiary/aromatic N) is 1. The third kappa shape index (κ3) is 5.69. The van der Waals surface area contributed by atoms with E-state index in [9.17, 15) is 4.79 Å². The van der Waals surface area contributed by atoms with Crippen LogP contribution in [0, 0.1) is 11.8 Å². The van der Waals surface area contributed by atoms with Crippen LogP contribution in [0.25, 0.3) is 0 Å². The summed E-state index contributed by atoms with van der Waals surface area (Å²) >= 11 is 0. The largest absolute Gasteiger partial charge is 0.381 e. The fourth-order valence-electron chi connectivity index (χ4n) is 3.16. The predicted octanol–water partition coefficient (Wildman–Crippen LogP) is 1.40. The lowest BCUT2D eigenvalue weighted by molar-refractivity contribution is -0.124. The van der Waals surface area contributed by atoms with Gasteiger partial charge in [0.2, 0.25) is 5.91 Å². The average molecular weight is 334 g/mol. The van der Waals surface area contributed by atoms with E-state index in [0.29, 0.717) is 12.0 Å². The number of amides is 1. The van der Waals surface area contributed by atoms with Crippen molar-refractivity contribution in [1.29, 1.82) is 0 Å². The van der Waals surface area contributed by atoms with Crippen LogP contribution in [-0.2, 0) is 9.53 Å². The van der Waals surface area contributed by atoms with E-state index in [1.54, 1.807) is 0 Å². The van der Waals surface area contributed by atoms with Gasteiger partial charge in [0.05, 0.1) is 12.6 Å². The van der Waals surface area contributed by atoms with Crippen molar-refractivity contribution in [3.63, 3.8) is 0 Å². The zero-order chi connectivity index (χ0) is 15.2. The Hall–Kier alpha value is -0.360. The molecule has 0 saturated carbocycles. The van der Waals surface area contributed by atoms with Crippen LogP contribution in [0.2, 0.25) is 0 Å². The summed E-state index contributed by atoms with van der Waals surface area (Å²) in [6.07, 6.45) is 4.20. The van der Waals surface area contributed by atoms with Gasteiger partial charge in [-0.2, -0.15) is 0 Å². The smallest absolute Gasteiger partial charge is 0.237 e. The number of likely N-dealkylation sites (tertiary alicyclic amines) is 1. The SMILES string of the molecule is CCC(C)C(N)C(=O)NC1CCN(CC2CCOC2)CC1.Cl. The minimum atomic E-state index is -0.372. The molecule has 130 valence electrons. The summed E-state index contributed by atoms with van der Waals surface area (Å²) in [6, 6.07) is -0.0765. The van der Waals surface area contributed by atoms with Gasteiger partial charge in [0.25, 0.3) is 0 Å². The highest BCUT2D eigenvalue weighted by atomic mass is 35.5. The number of hydrogen-bond acceptors (Lipinski definition) is 4. The number of halogens is 1. The second kappa shape index (κ2) is 9.71. The molecule has 0 spiro atoms. The molecule has 2 fully saturated rings.